The maximum Gasteiger partial charge on any atom is 0.223 e. The zero-order valence-electron chi connectivity index (χ0n) is 13.9. The van der Waals surface area contributed by atoms with E-state index in [1.165, 1.54) is 6.07 Å². The Bertz CT molecular complexity index is 550. The molecule has 0 fully saturated rings. The quantitative estimate of drug-likeness (QED) is 0.689. The molecule has 0 aliphatic heterocycles. The van der Waals surface area contributed by atoms with Crippen LogP contribution in [0.25, 0.3) is 0 Å². The summed E-state index contributed by atoms with van der Waals surface area (Å²) in [5.74, 6) is -0.292. The summed E-state index contributed by atoms with van der Waals surface area (Å²) < 4.78 is 1.92. The molecule has 22 heavy (non-hydrogen) atoms. The fourth-order valence-corrected chi connectivity index (χ4v) is 2.43. The molecule has 0 saturated carbocycles. The number of aromatic hydroxyl groups is 1. The molecule has 5 nitrogen and oxygen atoms in total. The van der Waals surface area contributed by atoms with Crippen molar-refractivity contribution in [2.75, 3.05) is 0 Å². The van der Waals surface area contributed by atoms with Crippen LogP contribution in [-0.2, 0) is 17.9 Å². The average molecular weight is 308 g/mol. The molecule has 2 N–H and O–H groups in total. The summed E-state index contributed by atoms with van der Waals surface area (Å²) in [5, 5.41) is 12.9. The van der Waals surface area contributed by atoms with E-state index in [0.29, 0.717) is 12.1 Å². The molecule has 1 rings (SSSR count). The van der Waals surface area contributed by atoms with Crippen molar-refractivity contribution in [2.24, 2.45) is 0 Å². The summed E-state index contributed by atoms with van der Waals surface area (Å²) in [7, 11) is 0. The van der Waals surface area contributed by atoms with Crippen LogP contribution in [-0.4, -0.2) is 15.6 Å². The fraction of sp³-hybridized carbons (Fsp3) is 0.647. The Kier molecular flexibility index (Phi) is 7.71. The Morgan fingerprint density at radius 1 is 1.23 bits per heavy atom. The summed E-state index contributed by atoms with van der Waals surface area (Å²) in [6.07, 6.45) is 5.44. The van der Waals surface area contributed by atoms with Gasteiger partial charge in [-0.2, -0.15) is 0 Å². The zero-order chi connectivity index (χ0) is 16.5. The van der Waals surface area contributed by atoms with Gasteiger partial charge >= 0.3 is 0 Å². The van der Waals surface area contributed by atoms with Crippen molar-refractivity contribution >= 4 is 5.91 Å². The molecule has 124 valence electrons. The summed E-state index contributed by atoms with van der Waals surface area (Å²) in [6.45, 7) is 6.96. The summed E-state index contributed by atoms with van der Waals surface area (Å²) in [6, 6.07) is 1.44. The monoisotopic (exact) mass is 308 g/mol. The maximum absolute atomic E-state index is 11.8. The molecule has 1 aromatic rings. The van der Waals surface area contributed by atoms with Crippen molar-refractivity contribution in [3.63, 3.8) is 0 Å². The van der Waals surface area contributed by atoms with Crippen molar-refractivity contribution in [3.8, 4) is 5.75 Å². The number of pyridine rings is 1. The smallest absolute Gasteiger partial charge is 0.223 e. The molecule has 0 bridgehead atoms. The number of carbonyl (C=O) groups is 1. The summed E-state index contributed by atoms with van der Waals surface area (Å²) in [4.78, 5) is 23.6. The van der Waals surface area contributed by atoms with E-state index in [2.05, 4.69) is 19.2 Å². The first-order chi connectivity index (χ1) is 10.5. The van der Waals surface area contributed by atoms with Gasteiger partial charge in [-0.05, 0) is 19.8 Å². The first-order valence-electron chi connectivity index (χ1n) is 8.20. The number of rotatable bonds is 9. The van der Waals surface area contributed by atoms with E-state index in [-0.39, 0.29) is 23.6 Å². The van der Waals surface area contributed by atoms with Gasteiger partial charge in [0.1, 0.15) is 0 Å². The molecular weight excluding hydrogens is 280 g/mol. The first kappa shape index (κ1) is 18.3. The normalized spacial score (nSPS) is 10.7. The fourth-order valence-electron chi connectivity index (χ4n) is 2.43. The SMILES string of the molecule is CCCCCC(=O)NCc1c(O)c(=O)cc(C)n1CCCC. The van der Waals surface area contributed by atoms with E-state index in [4.69, 9.17) is 0 Å². The number of aryl methyl sites for hydroxylation is 1. The number of hydrogen-bond donors (Lipinski definition) is 2. The lowest BCUT2D eigenvalue weighted by Crippen LogP contribution is -2.27. The first-order valence-corrected chi connectivity index (χ1v) is 8.20. The van der Waals surface area contributed by atoms with E-state index < -0.39 is 0 Å². The molecule has 0 spiro atoms. The van der Waals surface area contributed by atoms with Crippen molar-refractivity contribution in [3.05, 3.63) is 27.7 Å². The third kappa shape index (κ3) is 5.20. The van der Waals surface area contributed by atoms with E-state index in [9.17, 15) is 14.7 Å². The topological polar surface area (TPSA) is 71.3 Å². The third-order valence-corrected chi connectivity index (χ3v) is 3.79. The lowest BCUT2D eigenvalue weighted by molar-refractivity contribution is -0.121. The number of unbranched alkanes of at least 4 members (excludes halogenated alkanes) is 3. The third-order valence-electron chi connectivity index (χ3n) is 3.79. The second-order valence-corrected chi connectivity index (χ2v) is 5.68. The Morgan fingerprint density at radius 3 is 2.55 bits per heavy atom. The Balaban J connectivity index is 2.83. The minimum atomic E-state index is -0.388. The van der Waals surface area contributed by atoms with Crippen molar-refractivity contribution in [1.82, 2.24) is 9.88 Å². The maximum atomic E-state index is 11.8. The van der Waals surface area contributed by atoms with Gasteiger partial charge in [-0.25, -0.2) is 0 Å². The van der Waals surface area contributed by atoms with Gasteiger partial charge < -0.3 is 15.0 Å². The van der Waals surface area contributed by atoms with Gasteiger partial charge in [0.2, 0.25) is 11.3 Å². The summed E-state index contributed by atoms with van der Waals surface area (Å²) >= 11 is 0. The van der Waals surface area contributed by atoms with Crippen LogP contribution in [0.3, 0.4) is 0 Å². The predicted molar refractivity (Wildman–Crippen MR) is 88.0 cm³/mol. The van der Waals surface area contributed by atoms with Gasteiger partial charge in [-0.15, -0.1) is 0 Å². The second kappa shape index (κ2) is 9.28. The summed E-state index contributed by atoms with van der Waals surface area (Å²) in [5.41, 5.74) is 0.925. The predicted octanol–water partition coefficient (Wildman–Crippen LogP) is 2.86. The molecule has 0 unspecified atom stereocenters. The minimum Gasteiger partial charge on any atom is -0.503 e. The highest BCUT2D eigenvalue weighted by Gasteiger charge is 2.13. The standard InChI is InChI=1S/C17H28N2O3/c1-4-6-8-9-16(21)18-12-14-17(22)15(20)11-13(3)19(14)10-7-5-2/h11,22H,4-10,12H2,1-3H3,(H,18,21). The average Bonchev–Trinajstić information content (AvgIpc) is 2.48. The molecular formula is C17H28N2O3. The number of hydrogen-bond acceptors (Lipinski definition) is 3. The van der Waals surface area contributed by atoms with Gasteiger partial charge in [0.25, 0.3) is 0 Å². The van der Waals surface area contributed by atoms with Crippen molar-refractivity contribution < 1.29 is 9.90 Å². The number of nitrogens with one attached hydrogen (secondary N) is 1. The van der Waals surface area contributed by atoms with Crippen LogP contribution in [0.2, 0.25) is 0 Å². The largest absolute Gasteiger partial charge is 0.503 e. The van der Waals surface area contributed by atoms with Gasteiger partial charge in [0.05, 0.1) is 12.2 Å². The van der Waals surface area contributed by atoms with Crippen LogP contribution in [0.5, 0.6) is 5.75 Å². The van der Waals surface area contributed by atoms with E-state index in [1.807, 2.05) is 11.5 Å². The zero-order valence-corrected chi connectivity index (χ0v) is 13.9. The number of amides is 1. The molecule has 1 aromatic heterocycles. The van der Waals surface area contributed by atoms with Gasteiger partial charge in [-0.1, -0.05) is 33.1 Å². The molecule has 0 aliphatic carbocycles. The molecule has 1 heterocycles. The molecule has 0 saturated heterocycles. The molecule has 0 radical (unpaired) electrons. The Labute approximate surface area is 132 Å². The van der Waals surface area contributed by atoms with Gasteiger partial charge in [0.15, 0.2) is 5.75 Å². The van der Waals surface area contributed by atoms with E-state index >= 15 is 0 Å². The highest BCUT2D eigenvalue weighted by atomic mass is 16.3. The Hall–Kier alpha value is -1.78. The number of nitrogens with zero attached hydrogens (tertiary/aromatic N) is 1. The van der Waals surface area contributed by atoms with Crippen LogP contribution < -0.4 is 10.7 Å². The molecule has 0 aliphatic rings. The Morgan fingerprint density at radius 2 is 1.91 bits per heavy atom. The lowest BCUT2D eigenvalue weighted by atomic mass is 10.2. The number of aromatic nitrogens is 1. The van der Waals surface area contributed by atoms with Crippen LogP contribution >= 0.6 is 0 Å². The van der Waals surface area contributed by atoms with Gasteiger partial charge in [-0.3, -0.25) is 9.59 Å². The van der Waals surface area contributed by atoms with E-state index in [1.54, 1.807) is 0 Å². The number of carbonyl (C=O) groups excluding carboxylic acids is 1. The molecule has 5 heteroatoms. The van der Waals surface area contributed by atoms with Crippen molar-refractivity contribution in [1.29, 1.82) is 0 Å². The highest BCUT2D eigenvalue weighted by molar-refractivity contribution is 5.75. The minimum absolute atomic E-state index is 0.0381. The van der Waals surface area contributed by atoms with Gasteiger partial charge in [0, 0.05) is 24.7 Å². The molecule has 1 amide bonds. The van der Waals surface area contributed by atoms with Crippen LogP contribution in [0.1, 0.15) is 63.8 Å². The molecule has 0 atom stereocenters. The molecule has 0 aromatic carbocycles. The highest BCUT2D eigenvalue weighted by Crippen LogP contribution is 2.15. The van der Waals surface area contributed by atoms with Crippen LogP contribution in [0.4, 0.5) is 0 Å². The second-order valence-electron chi connectivity index (χ2n) is 5.68. The van der Waals surface area contributed by atoms with Crippen LogP contribution in [0.15, 0.2) is 10.9 Å². The van der Waals surface area contributed by atoms with Crippen molar-refractivity contribution in [2.45, 2.75) is 72.4 Å². The van der Waals surface area contributed by atoms with E-state index in [0.717, 1.165) is 44.3 Å². The lowest BCUT2D eigenvalue weighted by Gasteiger charge is -2.18. The van der Waals surface area contributed by atoms with Crippen LogP contribution in [0, 0.1) is 6.92 Å².